The Morgan fingerprint density at radius 1 is 1.37 bits per heavy atom. The number of hydrogen-bond acceptors (Lipinski definition) is 2. The molecule has 1 fully saturated rings. The maximum Gasteiger partial charge on any atom is 0.227 e. The number of aliphatic hydroxyl groups is 1. The largest absolute Gasteiger partial charge is 0.396 e. The van der Waals surface area contributed by atoms with Crippen LogP contribution < -0.4 is 0 Å². The Kier molecular flexibility index (Phi) is 5.08. The standard InChI is InChI=1S/C14H17Cl2NO2/c15-12-4-3-10(6-13(12)16)7-14(19)17-5-1-2-11(8-17)9-18/h3-4,6,11,18H,1-2,5,7-9H2. The molecule has 0 saturated carbocycles. The Labute approximate surface area is 123 Å². The minimum absolute atomic E-state index is 0.0801. The van der Waals surface area contributed by atoms with Crippen molar-refractivity contribution in [3.8, 4) is 0 Å². The van der Waals surface area contributed by atoms with Gasteiger partial charge in [-0.3, -0.25) is 4.79 Å². The molecule has 1 amide bonds. The molecule has 1 unspecified atom stereocenters. The molecular formula is C14H17Cl2NO2. The first-order valence-corrected chi connectivity index (χ1v) is 7.18. The van der Waals surface area contributed by atoms with E-state index in [-0.39, 0.29) is 18.4 Å². The van der Waals surface area contributed by atoms with Crippen LogP contribution >= 0.6 is 23.2 Å². The number of carbonyl (C=O) groups is 1. The predicted octanol–water partition coefficient (Wildman–Crippen LogP) is 2.77. The molecule has 5 heteroatoms. The molecule has 1 aromatic rings. The summed E-state index contributed by atoms with van der Waals surface area (Å²) in [4.78, 5) is 14.0. The van der Waals surface area contributed by atoms with E-state index < -0.39 is 0 Å². The monoisotopic (exact) mass is 301 g/mol. The molecule has 1 heterocycles. The summed E-state index contributed by atoms with van der Waals surface area (Å²) in [7, 11) is 0. The smallest absolute Gasteiger partial charge is 0.227 e. The van der Waals surface area contributed by atoms with Gasteiger partial charge in [-0.25, -0.2) is 0 Å². The number of piperidine rings is 1. The molecule has 1 saturated heterocycles. The molecule has 0 aromatic heterocycles. The van der Waals surface area contributed by atoms with Crippen LogP contribution in [-0.4, -0.2) is 35.6 Å². The van der Waals surface area contributed by atoms with Crippen molar-refractivity contribution in [2.75, 3.05) is 19.7 Å². The molecule has 1 aliphatic heterocycles. The highest BCUT2D eigenvalue weighted by Crippen LogP contribution is 2.23. The Balaban J connectivity index is 1.98. The molecule has 2 rings (SSSR count). The Morgan fingerprint density at radius 2 is 2.16 bits per heavy atom. The van der Waals surface area contributed by atoms with Gasteiger partial charge in [0.2, 0.25) is 5.91 Å². The number of amides is 1. The number of rotatable bonds is 3. The van der Waals surface area contributed by atoms with Gasteiger partial charge in [-0.15, -0.1) is 0 Å². The zero-order valence-corrected chi connectivity index (χ0v) is 12.1. The number of nitrogens with zero attached hydrogens (tertiary/aromatic N) is 1. The molecule has 1 atom stereocenters. The van der Waals surface area contributed by atoms with Crippen molar-refractivity contribution in [3.05, 3.63) is 33.8 Å². The lowest BCUT2D eigenvalue weighted by Crippen LogP contribution is -2.41. The summed E-state index contributed by atoms with van der Waals surface area (Å²) < 4.78 is 0. The van der Waals surface area contributed by atoms with Crippen molar-refractivity contribution in [1.82, 2.24) is 4.90 Å². The van der Waals surface area contributed by atoms with Gasteiger partial charge in [-0.2, -0.15) is 0 Å². The lowest BCUT2D eigenvalue weighted by molar-refractivity contribution is -0.132. The number of benzene rings is 1. The van der Waals surface area contributed by atoms with Crippen LogP contribution in [0, 0.1) is 5.92 Å². The molecule has 3 nitrogen and oxygen atoms in total. The van der Waals surface area contributed by atoms with Crippen LogP contribution in [0.1, 0.15) is 18.4 Å². The van der Waals surface area contributed by atoms with E-state index >= 15 is 0 Å². The summed E-state index contributed by atoms with van der Waals surface area (Å²) in [5.74, 6) is 0.294. The van der Waals surface area contributed by atoms with Gasteiger partial charge >= 0.3 is 0 Å². The van der Waals surface area contributed by atoms with E-state index in [9.17, 15) is 9.90 Å². The quantitative estimate of drug-likeness (QED) is 0.932. The molecule has 0 spiro atoms. The van der Waals surface area contributed by atoms with E-state index in [4.69, 9.17) is 23.2 Å². The first-order chi connectivity index (χ1) is 9.10. The first kappa shape index (κ1) is 14.6. The van der Waals surface area contributed by atoms with Crippen molar-refractivity contribution in [1.29, 1.82) is 0 Å². The molecule has 1 aliphatic rings. The average Bonchev–Trinajstić information content (AvgIpc) is 2.43. The van der Waals surface area contributed by atoms with Crippen molar-refractivity contribution < 1.29 is 9.90 Å². The minimum atomic E-state index is 0.0801. The topological polar surface area (TPSA) is 40.5 Å². The molecule has 0 radical (unpaired) electrons. The molecule has 1 aromatic carbocycles. The number of halogens is 2. The molecule has 104 valence electrons. The molecule has 0 aliphatic carbocycles. The second-order valence-corrected chi connectivity index (χ2v) is 5.77. The van der Waals surface area contributed by atoms with Gasteiger partial charge in [0.15, 0.2) is 0 Å². The second kappa shape index (κ2) is 6.60. The minimum Gasteiger partial charge on any atom is -0.396 e. The van der Waals surface area contributed by atoms with Gasteiger partial charge in [0.05, 0.1) is 16.5 Å². The number of aliphatic hydroxyl groups excluding tert-OH is 1. The molecular weight excluding hydrogens is 285 g/mol. The normalized spacial score (nSPS) is 19.5. The molecule has 19 heavy (non-hydrogen) atoms. The van der Waals surface area contributed by atoms with Gasteiger partial charge in [0.25, 0.3) is 0 Å². The van der Waals surface area contributed by atoms with E-state index in [1.807, 2.05) is 11.0 Å². The van der Waals surface area contributed by atoms with Crippen LogP contribution in [0.4, 0.5) is 0 Å². The van der Waals surface area contributed by atoms with Crippen molar-refractivity contribution in [2.24, 2.45) is 5.92 Å². The van der Waals surface area contributed by atoms with Crippen LogP contribution in [0.2, 0.25) is 10.0 Å². The maximum absolute atomic E-state index is 12.2. The van der Waals surface area contributed by atoms with E-state index in [0.29, 0.717) is 23.0 Å². The lowest BCUT2D eigenvalue weighted by Gasteiger charge is -2.32. The van der Waals surface area contributed by atoms with Crippen LogP contribution in [-0.2, 0) is 11.2 Å². The summed E-state index contributed by atoms with van der Waals surface area (Å²) in [6, 6.07) is 5.26. The highest BCUT2D eigenvalue weighted by molar-refractivity contribution is 6.42. The fourth-order valence-electron chi connectivity index (χ4n) is 2.38. The highest BCUT2D eigenvalue weighted by atomic mass is 35.5. The van der Waals surface area contributed by atoms with Gasteiger partial charge in [0.1, 0.15) is 0 Å². The lowest BCUT2D eigenvalue weighted by atomic mass is 9.98. The first-order valence-electron chi connectivity index (χ1n) is 6.42. The number of carbonyl (C=O) groups excluding carboxylic acids is 1. The fourth-order valence-corrected chi connectivity index (χ4v) is 2.70. The SMILES string of the molecule is O=C(Cc1ccc(Cl)c(Cl)c1)N1CCCC(CO)C1. The summed E-state index contributed by atoms with van der Waals surface area (Å²) in [5.41, 5.74) is 0.866. The maximum atomic E-state index is 12.2. The van der Waals surface area contributed by atoms with Gasteiger partial charge in [-0.05, 0) is 36.5 Å². The van der Waals surface area contributed by atoms with Gasteiger partial charge < -0.3 is 10.0 Å². The predicted molar refractivity (Wildman–Crippen MR) is 76.6 cm³/mol. The van der Waals surface area contributed by atoms with Crippen molar-refractivity contribution >= 4 is 29.1 Å². The Bertz CT molecular complexity index is 465. The summed E-state index contributed by atoms with van der Waals surface area (Å²) in [5, 5.41) is 10.1. The molecule has 1 N–H and O–H groups in total. The molecule has 0 bridgehead atoms. The van der Waals surface area contributed by atoms with Crippen molar-refractivity contribution in [2.45, 2.75) is 19.3 Å². The van der Waals surface area contributed by atoms with E-state index in [1.165, 1.54) is 0 Å². The highest BCUT2D eigenvalue weighted by Gasteiger charge is 2.23. The number of likely N-dealkylation sites (tertiary alicyclic amines) is 1. The third kappa shape index (κ3) is 3.85. The fraction of sp³-hybridized carbons (Fsp3) is 0.500. The van der Waals surface area contributed by atoms with Gasteiger partial charge in [-0.1, -0.05) is 29.3 Å². The zero-order valence-electron chi connectivity index (χ0n) is 10.6. The van der Waals surface area contributed by atoms with E-state index in [0.717, 1.165) is 24.9 Å². The average molecular weight is 302 g/mol. The third-order valence-electron chi connectivity index (χ3n) is 3.47. The summed E-state index contributed by atoms with van der Waals surface area (Å²) >= 11 is 11.8. The van der Waals surface area contributed by atoms with Crippen LogP contribution in [0.3, 0.4) is 0 Å². The zero-order chi connectivity index (χ0) is 13.8. The van der Waals surface area contributed by atoms with E-state index in [2.05, 4.69) is 0 Å². The van der Waals surface area contributed by atoms with Gasteiger partial charge in [0, 0.05) is 19.7 Å². The number of hydrogen-bond donors (Lipinski definition) is 1. The van der Waals surface area contributed by atoms with Crippen LogP contribution in [0.25, 0.3) is 0 Å². The Hall–Kier alpha value is -0.770. The Morgan fingerprint density at radius 3 is 2.84 bits per heavy atom. The van der Waals surface area contributed by atoms with Crippen LogP contribution in [0.15, 0.2) is 18.2 Å². The third-order valence-corrected chi connectivity index (χ3v) is 4.21. The summed E-state index contributed by atoms with van der Waals surface area (Å²) in [6.45, 7) is 1.57. The van der Waals surface area contributed by atoms with Crippen LogP contribution in [0.5, 0.6) is 0 Å². The van der Waals surface area contributed by atoms with Crippen molar-refractivity contribution in [3.63, 3.8) is 0 Å². The summed E-state index contributed by atoms with van der Waals surface area (Å²) in [6.07, 6.45) is 2.28. The second-order valence-electron chi connectivity index (χ2n) is 4.96. The van der Waals surface area contributed by atoms with E-state index in [1.54, 1.807) is 12.1 Å².